The van der Waals surface area contributed by atoms with Crippen molar-refractivity contribution in [1.82, 2.24) is 0 Å². The third-order valence-corrected chi connectivity index (χ3v) is 4.08. The Labute approximate surface area is 130 Å². The second-order valence-corrected chi connectivity index (χ2v) is 7.63. The molecule has 0 aliphatic heterocycles. The maximum Gasteiger partial charge on any atom is 0.0406 e. The molecule has 20 heavy (non-hydrogen) atoms. The molecule has 0 aliphatic rings. The molecule has 2 heteroatoms. The topological polar surface area (TPSA) is 12.0 Å². The Kier molecular flexibility index (Phi) is 5.94. The van der Waals surface area contributed by atoms with Crippen LogP contribution in [0.1, 0.15) is 58.6 Å². The molecule has 1 rings (SSSR count). The van der Waals surface area contributed by atoms with Crippen molar-refractivity contribution in [2.75, 3.05) is 11.2 Å². The Bertz CT molecular complexity index is 435. The van der Waals surface area contributed by atoms with Crippen LogP contribution in [0.25, 0.3) is 0 Å². The van der Waals surface area contributed by atoms with E-state index in [0.717, 1.165) is 25.1 Å². The summed E-state index contributed by atoms with van der Waals surface area (Å²) in [4.78, 5) is 0. The van der Waals surface area contributed by atoms with Crippen LogP contribution in [0.5, 0.6) is 0 Å². The van der Waals surface area contributed by atoms with Crippen LogP contribution in [0.15, 0.2) is 18.2 Å². The summed E-state index contributed by atoms with van der Waals surface area (Å²) in [5.74, 6) is 0.730. The van der Waals surface area contributed by atoms with Crippen molar-refractivity contribution in [3.8, 4) is 0 Å². The highest BCUT2D eigenvalue weighted by Gasteiger charge is 2.29. The maximum absolute atomic E-state index is 5.93. The number of para-hydroxylation sites is 1. The van der Waals surface area contributed by atoms with Gasteiger partial charge in [0.1, 0.15) is 0 Å². The van der Waals surface area contributed by atoms with Crippen LogP contribution in [0.3, 0.4) is 0 Å². The molecule has 0 bridgehead atoms. The normalized spacial score (nSPS) is 12.6. The molecule has 0 heterocycles. The first-order valence-electron chi connectivity index (χ1n) is 7.63. The minimum absolute atomic E-state index is 0.0611. The molecule has 0 saturated heterocycles. The molecule has 0 aromatic heterocycles. The van der Waals surface area contributed by atoms with Gasteiger partial charge in [-0.15, -0.1) is 11.6 Å². The number of aryl methyl sites for hydroxylation is 2. The molecule has 0 saturated carbocycles. The summed E-state index contributed by atoms with van der Waals surface area (Å²) in [6.07, 6.45) is 3.21. The van der Waals surface area contributed by atoms with Gasteiger partial charge >= 0.3 is 0 Å². The standard InChI is InChI=1S/C18H30ClN/c1-7-15-10-8-9-14(2)16(15)20-18(5,6)13-17(3,4)11-12-19/h8-10,20H,7,11-13H2,1-6H3. The van der Waals surface area contributed by atoms with E-state index in [9.17, 15) is 0 Å². The highest BCUT2D eigenvalue weighted by molar-refractivity contribution is 6.17. The first-order valence-corrected chi connectivity index (χ1v) is 8.17. The number of benzene rings is 1. The quantitative estimate of drug-likeness (QED) is 0.627. The molecule has 114 valence electrons. The van der Waals surface area contributed by atoms with Crippen LogP contribution in [-0.2, 0) is 6.42 Å². The molecule has 0 radical (unpaired) electrons. The lowest BCUT2D eigenvalue weighted by Crippen LogP contribution is -2.37. The average molecular weight is 296 g/mol. The zero-order chi connectivity index (χ0) is 15.4. The smallest absolute Gasteiger partial charge is 0.0406 e. The Morgan fingerprint density at radius 3 is 2.35 bits per heavy atom. The largest absolute Gasteiger partial charge is 0.380 e. The van der Waals surface area contributed by atoms with Crippen LogP contribution >= 0.6 is 11.6 Å². The minimum Gasteiger partial charge on any atom is -0.380 e. The average Bonchev–Trinajstić information content (AvgIpc) is 2.29. The summed E-state index contributed by atoms with van der Waals surface area (Å²) in [6.45, 7) is 13.6. The number of hydrogen-bond donors (Lipinski definition) is 1. The van der Waals surface area contributed by atoms with Gasteiger partial charge in [0.25, 0.3) is 0 Å². The molecule has 1 nitrogen and oxygen atoms in total. The van der Waals surface area contributed by atoms with Gasteiger partial charge in [-0.05, 0) is 56.6 Å². The van der Waals surface area contributed by atoms with E-state index in [-0.39, 0.29) is 11.0 Å². The van der Waals surface area contributed by atoms with E-state index in [1.807, 2.05) is 0 Å². The number of hydrogen-bond acceptors (Lipinski definition) is 1. The van der Waals surface area contributed by atoms with Gasteiger partial charge in [-0.1, -0.05) is 39.0 Å². The molecule has 0 fully saturated rings. The highest BCUT2D eigenvalue weighted by Crippen LogP contribution is 2.35. The fourth-order valence-electron chi connectivity index (χ4n) is 3.13. The summed E-state index contributed by atoms with van der Waals surface area (Å²) in [6, 6.07) is 6.54. The second-order valence-electron chi connectivity index (χ2n) is 7.25. The van der Waals surface area contributed by atoms with Crippen LogP contribution in [0.4, 0.5) is 5.69 Å². The minimum atomic E-state index is 0.0611. The lowest BCUT2D eigenvalue weighted by atomic mass is 9.78. The number of halogens is 1. The first-order chi connectivity index (χ1) is 9.21. The van der Waals surface area contributed by atoms with Gasteiger partial charge in [0, 0.05) is 17.1 Å². The maximum atomic E-state index is 5.93. The van der Waals surface area contributed by atoms with Crippen molar-refractivity contribution < 1.29 is 0 Å². The molecule has 0 amide bonds. The third-order valence-electron chi connectivity index (χ3n) is 3.90. The van der Waals surface area contributed by atoms with Gasteiger partial charge in [0.15, 0.2) is 0 Å². The molecule has 0 atom stereocenters. The summed E-state index contributed by atoms with van der Waals surface area (Å²) in [5, 5.41) is 3.78. The molecule has 0 aliphatic carbocycles. The number of nitrogens with one attached hydrogen (secondary N) is 1. The molecule has 1 aromatic carbocycles. The first kappa shape index (κ1) is 17.4. The van der Waals surface area contributed by atoms with Gasteiger partial charge in [-0.2, -0.15) is 0 Å². The Morgan fingerprint density at radius 1 is 1.15 bits per heavy atom. The Morgan fingerprint density at radius 2 is 1.80 bits per heavy atom. The monoisotopic (exact) mass is 295 g/mol. The Balaban J connectivity index is 2.91. The van der Waals surface area contributed by atoms with Crippen molar-refractivity contribution in [3.63, 3.8) is 0 Å². The van der Waals surface area contributed by atoms with Crippen LogP contribution in [-0.4, -0.2) is 11.4 Å². The van der Waals surface area contributed by atoms with E-state index < -0.39 is 0 Å². The third kappa shape index (κ3) is 5.01. The Hall–Kier alpha value is -0.690. The second kappa shape index (κ2) is 6.85. The van der Waals surface area contributed by atoms with Gasteiger partial charge in [-0.25, -0.2) is 0 Å². The summed E-state index contributed by atoms with van der Waals surface area (Å²) < 4.78 is 0. The van der Waals surface area contributed by atoms with Gasteiger partial charge in [0.2, 0.25) is 0 Å². The number of rotatable bonds is 7. The van der Waals surface area contributed by atoms with Crippen molar-refractivity contribution in [2.24, 2.45) is 5.41 Å². The van der Waals surface area contributed by atoms with E-state index >= 15 is 0 Å². The fraction of sp³-hybridized carbons (Fsp3) is 0.667. The van der Waals surface area contributed by atoms with Crippen LogP contribution in [0, 0.1) is 12.3 Å². The molecule has 0 unspecified atom stereocenters. The molecular formula is C18H30ClN. The van der Waals surface area contributed by atoms with E-state index in [4.69, 9.17) is 11.6 Å². The SMILES string of the molecule is CCc1cccc(C)c1NC(C)(C)CC(C)(C)CCCl. The van der Waals surface area contributed by atoms with Crippen molar-refractivity contribution in [2.45, 2.75) is 66.3 Å². The number of anilines is 1. The van der Waals surface area contributed by atoms with E-state index in [0.29, 0.717) is 0 Å². The van der Waals surface area contributed by atoms with Gasteiger partial charge in [0.05, 0.1) is 0 Å². The van der Waals surface area contributed by atoms with Crippen LogP contribution < -0.4 is 5.32 Å². The molecular weight excluding hydrogens is 266 g/mol. The van der Waals surface area contributed by atoms with Crippen molar-refractivity contribution in [3.05, 3.63) is 29.3 Å². The van der Waals surface area contributed by atoms with Crippen LogP contribution in [0.2, 0.25) is 0 Å². The van der Waals surface area contributed by atoms with E-state index in [1.54, 1.807) is 0 Å². The molecule has 0 spiro atoms. The van der Waals surface area contributed by atoms with Crippen molar-refractivity contribution in [1.29, 1.82) is 0 Å². The lowest BCUT2D eigenvalue weighted by Gasteiger charge is -2.37. The fourth-order valence-corrected chi connectivity index (χ4v) is 3.64. The molecule has 1 N–H and O–H groups in total. The zero-order valence-electron chi connectivity index (χ0n) is 13.9. The zero-order valence-corrected chi connectivity index (χ0v) is 14.7. The van der Waals surface area contributed by atoms with E-state index in [1.165, 1.54) is 16.8 Å². The summed E-state index contributed by atoms with van der Waals surface area (Å²) in [5.41, 5.74) is 4.35. The summed E-state index contributed by atoms with van der Waals surface area (Å²) >= 11 is 5.93. The lowest BCUT2D eigenvalue weighted by molar-refractivity contribution is 0.265. The summed E-state index contributed by atoms with van der Waals surface area (Å²) in [7, 11) is 0. The van der Waals surface area contributed by atoms with E-state index in [2.05, 4.69) is 65.1 Å². The van der Waals surface area contributed by atoms with Gasteiger partial charge in [-0.3, -0.25) is 0 Å². The highest BCUT2D eigenvalue weighted by atomic mass is 35.5. The van der Waals surface area contributed by atoms with Gasteiger partial charge < -0.3 is 5.32 Å². The predicted molar refractivity (Wildman–Crippen MR) is 92.0 cm³/mol. The van der Waals surface area contributed by atoms with Crippen molar-refractivity contribution >= 4 is 17.3 Å². The predicted octanol–water partition coefficient (Wildman–Crippen LogP) is 5.79. The molecule has 1 aromatic rings. The number of alkyl halides is 1.